The van der Waals surface area contributed by atoms with Gasteiger partial charge in [-0.25, -0.2) is 14.5 Å². The summed E-state index contributed by atoms with van der Waals surface area (Å²) in [6, 6.07) is 11.6. The Morgan fingerprint density at radius 2 is 1.93 bits per heavy atom. The lowest BCUT2D eigenvalue weighted by atomic mass is 10.1. The maximum Gasteiger partial charge on any atom is 0.339 e. The molecule has 0 unspecified atom stereocenters. The number of esters is 1. The molecule has 27 heavy (non-hydrogen) atoms. The Morgan fingerprint density at radius 3 is 2.67 bits per heavy atom. The van der Waals surface area contributed by atoms with E-state index in [2.05, 4.69) is 12.0 Å². The van der Waals surface area contributed by atoms with Crippen molar-refractivity contribution in [1.82, 2.24) is 14.8 Å². The molecule has 0 aliphatic rings. The van der Waals surface area contributed by atoms with Crippen LogP contribution in [0.4, 0.5) is 0 Å². The lowest BCUT2D eigenvalue weighted by Gasteiger charge is -2.09. The van der Waals surface area contributed by atoms with E-state index in [1.807, 2.05) is 37.3 Å². The van der Waals surface area contributed by atoms with E-state index in [-0.39, 0.29) is 12.6 Å². The fourth-order valence-corrected chi connectivity index (χ4v) is 2.82. The first kappa shape index (κ1) is 19.0. The first-order valence-electron chi connectivity index (χ1n) is 9.41. The topological polar surface area (TPSA) is 66.2 Å². The zero-order chi connectivity index (χ0) is 19.1. The number of aromatic nitrogens is 3. The van der Waals surface area contributed by atoms with Gasteiger partial charge in [0.2, 0.25) is 0 Å². The smallest absolute Gasteiger partial charge is 0.339 e. The summed E-state index contributed by atoms with van der Waals surface area (Å²) in [6.07, 6.45) is 3.77. The summed E-state index contributed by atoms with van der Waals surface area (Å²) in [4.78, 5) is 17.4. The van der Waals surface area contributed by atoms with E-state index in [0.29, 0.717) is 36.4 Å². The van der Waals surface area contributed by atoms with Crippen molar-refractivity contribution in [1.29, 1.82) is 0 Å². The number of carbonyl (C=O) groups excluding carboxylic acids is 1. The lowest BCUT2D eigenvalue weighted by Crippen LogP contribution is -2.12. The predicted octanol–water partition coefficient (Wildman–Crippen LogP) is 4.09. The van der Waals surface area contributed by atoms with Crippen molar-refractivity contribution in [3.05, 3.63) is 48.2 Å². The molecule has 0 bridgehead atoms. The van der Waals surface area contributed by atoms with Crippen LogP contribution in [0.15, 0.2) is 42.6 Å². The zero-order valence-corrected chi connectivity index (χ0v) is 15.9. The van der Waals surface area contributed by atoms with Gasteiger partial charge >= 0.3 is 5.97 Å². The Bertz CT molecular complexity index is 890. The van der Waals surface area contributed by atoms with Gasteiger partial charge in [0.15, 0.2) is 5.65 Å². The molecule has 0 fully saturated rings. The fraction of sp³-hybridized carbons (Fsp3) is 0.381. The summed E-state index contributed by atoms with van der Waals surface area (Å²) in [5.41, 5.74) is 2.83. The first-order chi connectivity index (χ1) is 13.2. The minimum atomic E-state index is -0.380. The highest BCUT2D eigenvalue weighted by molar-refractivity contribution is 6.03. The lowest BCUT2D eigenvalue weighted by molar-refractivity contribution is 0.0315. The SMILES string of the molecule is CCCCOCCOC(=O)c1cc(-c2ccccc2)nc2c1cnn2CC. The molecule has 142 valence electrons. The van der Waals surface area contributed by atoms with E-state index in [0.717, 1.165) is 24.1 Å². The van der Waals surface area contributed by atoms with Gasteiger partial charge in [0.25, 0.3) is 0 Å². The van der Waals surface area contributed by atoms with E-state index < -0.39 is 0 Å². The summed E-state index contributed by atoms with van der Waals surface area (Å²) in [7, 11) is 0. The number of hydrogen-bond acceptors (Lipinski definition) is 5. The standard InChI is InChI=1S/C21H25N3O3/c1-3-5-11-26-12-13-27-21(25)17-14-19(16-9-7-6-8-10-16)23-20-18(17)15-22-24(20)4-2/h6-10,14-15H,3-5,11-13H2,1-2H3. The molecule has 0 saturated carbocycles. The molecule has 0 amide bonds. The number of unbranched alkanes of at least 4 members (excludes halogenated alkanes) is 1. The second kappa shape index (κ2) is 9.28. The molecule has 0 atom stereocenters. The van der Waals surface area contributed by atoms with Crippen LogP contribution in [0.25, 0.3) is 22.3 Å². The predicted molar refractivity (Wildman–Crippen MR) is 105 cm³/mol. The van der Waals surface area contributed by atoms with Crippen LogP contribution in [0.1, 0.15) is 37.0 Å². The number of aryl methyl sites for hydroxylation is 1. The number of fused-ring (bicyclic) bond motifs is 1. The number of hydrogen-bond donors (Lipinski definition) is 0. The van der Waals surface area contributed by atoms with Gasteiger partial charge in [0.05, 0.1) is 29.4 Å². The number of ether oxygens (including phenoxy) is 2. The third-order valence-electron chi connectivity index (χ3n) is 4.30. The minimum absolute atomic E-state index is 0.231. The van der Waals surface area contributed by atoms with Crippen molar-refractivity contribution < 1.29 is 14.3 Å². The van der Waals surface area contributed by atoms with Gasteiger partial charge in [-0.2, -0.15) is 5.10 Å². The van der Waals surface area contributed by atoms with E-state index in [1.54, 1.807) is 16.9 Å². The van der Waals surface area contributed by atoms with Crippen LogP contribution in [0.3, 0.4) is 0 Å². The van der Waals surface area contributed by atoms with Crippen molar-refractivity contribution in [2.75, 3.05) is 19.8 Å². The summed E-state index contributed by atoms with van der Waals surface area (Å²) in [5, 5.41) is 5.05. The van der Waals surface area contributed by atoms with Gasteiger partial charge in [0, 0.05) is 18.7 Å². The first-order valence-corrected chi connectivity index (χ1v) is 9.41. The minimum Gasteiger partial charge on any atom is -0.460 e. The molecular formula is C21H25N3O3. The van der Waals surface area contributed by atoms with Crippen LogP contribution in [0.2, 0.25) is 0 Å². The number of carbonyl (C=O) groups is 1. The van der Waals surface area contributed by atoms with Crippen LogP contribution in [-0.4, -0.2) is 40.6 Å². The Morgan fingerprint density at radius 1 is 1.11 bits per heavy atom. The number of benzene rings is 1. The largest absolute Gasteiger partial charge is 0.460 e. The van der Waals surface area contributed by atoms with Crippen LogP contribution >= 0.6 is 0 Å². The van der Waals surface area contributed by atoms with E-state index in [9.17, 15) is 4.79 Å². The second-order valence-corrected chi connectivity index (χ2v) is 6.22. The van der Waals surface area contributed by atoms with Crippen molar-refractivity contribution in [3.8, 4) is 11.3 Å². The third-order valence-corrected chi connectivity index (χ3v) is 4.30. The molecular weight excluding hydrogens is 342 g/mol. The molecule has 0 aliphatic carbocycles. The van der Waals surface area contributed by atoms with Gasteiger partial charge in [-0.15, -0.1) is 0 Å². The monoisotopic (exact) mass is 367 g/mol. The summed E-state index contributed by atoms with van der Waals surface area (Å²) >= 11 is 0. The highest BCUT2D eigenvalue weighted by Gasteiger charge is 2.18. The Labute approximate surface area is 159 Å². The van der Waals surface area contributed by atoms with Crippen LogP contribution < -0.4 is 0 Å². The van der Waals surface area contributed by atoms with Gasteiger partial charge < -0.3 is 9.47 Å². The molecule has 0 spiro atoms. The molecule has 2 heterocycles. The zero-order valence-electron chi connectivity index (χ0n) is 15.9. The Balaban J connectivity index is 1.85. The summed E-state index contributed by atoms with van der Waals surface area (Å²) < 4.78 is 12.7. The second-order valence-electron chi connectivity index (χ2n) is 6.22. The summed E-state index contributed by atoms with van der Waals surface area (Å²) in [5.74, 6) is -0.380. The molecule has 0 aliphatic heterocycles. The van der Waals surface area contributed by atoms with E-state index in [1.165, 1.54) is 0 Å². The average molecular weight is 367 g/mol. The highest BCUT2D eigenvalue weighted by Crippen LogP contribution is 2.25. The van der Waals surface area contributed by atoms with Crippen molar-refractivity contribution in [2.24, 2.45) is 0 Å². The average Bonchev–Trinajstić information content (AvgIpc) is 3.13. The third kappa shape index (κ3) is 4.52. The molecule has 0 radical (unpaired) electrons. The van der Waals surface area contributed by atoms with Gasteiger partial charge in [-0.3, -0.25) is 0 Å². The van der Waals surface area contributed by atoms with Gasteiger partial charge in [-0.1, -0.05) is 43.7 Å². The Kier molecular flexibility index (Phi) is 6.54. The van der Waals surface area contributed by atoms with E-state index in [4.69, 9.17) is 14.5 Å². The maximum absolute atomic E-state index is 12.7. The molecule has 6 heteroatoms. The molecule has 2 aromatic heterocycles. The molecule has 0 N–H and O–H groups in total. The molecule has 1 aromatic carbocycles. The number of pyridine rings is 1. The number of nitrogens with zero attached hydrogens (tertiary/aromatic N) is 3. The normalized spacial score (nSPS) is 11.0. The summed E-state index contributed by atoms with van der Waals surface area (Å²) in [6.45, 7) is 6.10. The molecule has 3 rings (SSSR count). The highest BCUT2D eigenvalue weighted by atomic mass is 16.6. The van der Waals surface area contributed by atoms with Gasteiger partial charge in [-0.05, 0) is 19.4 Å². The quantitative estimate of drug-likeness (QED) is 0.421. The maximum atomic E-state index is 12.7. The molecule has 3 aromatic rings. The van der Waals surface area contributed by atoms with Crippen molar-refractivity contribution in [2.45, 2.75) is 33.2 Å². The van der Waals surface area contributed by atoms with Crippen LogP contribution in [0.5, 0.6) is 0 Å². The van der Waals surface area contributed by atoms with Crippen molar-refractivity contribution >= 4 is 17.0 Å². The van der Waals surface area contributed by atoms with Crippen molar-refractivity contribution in [3.63, 3.8) is 0 Å². The number of rotatable bonds is 9. The van der Waals surface area contributed by atoms with E-state index >= 15 is 0 Å². The van der Waals surface area contributed by atoms with Crippen LogP contribution in [0, 0.1) is 0 Å². The van der Waals surface area contributed by atoms with Gasteiger partial charge in [0.1, 0.15) is 6.61 Å². The molecule has 6 nitrogen and oxygen atoms in total. The van der Waals surface area contributed by atoms with Crippen LogP contribution in [-0.2, 0) is 16.0 Å². The Hall–Kier alpha value is -2.73. The fourth-order valence-electron chi connectivity index (χ4n) is 2.82. The molecule has 0 saturated heterocycles.